The first-order valence-electron chi connectivity index (χ1n) is 9.23. The first-order valence-corrected chi connectivity index (χ1v) is 10.2. The van der Waals surface area contributed by atoms with E-state index in [0.29, 0.717) is 17.0 Å². The summed E-state index contributed by atoms with van der Waals surface area (Å²) in [4.78, 5) is 31.5. The number of anilines is 1. The van der Waals surface area contributed by atoms with E-state index in [2.05, 4.69) is 15.3 Å². The molecule has 154 valence electrons. The van der Waals surface area contributed by atoms with Gasteiger partial charge < -0.3 is 18.9 Å². The van der Waals surface area contributed by atoms with Crippen LogP contribution in [0.25, 0.3) is 22.0 Å². The highest BCUT2D eigenvalue weighted by atomic mass is 32.2. The topological polar surface area (TPSA) is 106 Å². The highest BCUT2D eigenvalue weighted by Crippen LogP contribution is 2.28. The minimum Gasteiger partial charge on any atom is -0.497 e. The molecule has 0 aliphatic rings. The van der Waals surface area contributed by atoms with Crippen molar-refractivity contribution in [2.45, 2.75) is 17.8 Å². The first-order chi connectivity index (χ1) is 14.6. The highest BCUT2D eigenvalue weighted by molar-refractivity contribution is 7.98. The smallest absolute Gasteiger partial charge is 0.411 e. The van der Waals surface area contributed by atoms with Crippen molar-refractivity contribution >= 4 is 45.5 Å². The maximum absolute atomic E-state index is 12.0. The standard InChI is InChI=1S/C21H19N3O5S/c1-3-28-21(26)22-13-4-6-15-12(8-19(25)29-18(15)9-13)11-30-20-23-16-7-5-14(27-2)10-17(16)24-20/h4-10H,3,11H2,1-2H3,(H,22,26)(H,23,24). The van der Waals surface area contributed by atoms with Crippen LogP contribution in [0.15, 0.2) is 56.8 Å². The molecule has 0 aliphatic carbocycles. The number of aromatic nitrogens is 2. The summed E-state index contributed by atoms with van der Waals surface area (Å²) in [5, 5.41) is 4.13. The zero-order valence-electron chi connectivity index (χ0n) is 16.4. The molecule has 8 nitrogen and oxygen atoms in total. The first kappa shape index (κ1) is 19.8. The number of nitrogens with zero attached hydrogens (tertiary/aromatic N) is 1. The monoisotopic (exact) mass is 425 g/mol. The molecular formula is C21H19N3O5S. The predicted octanol–water partition coefficient (Wildman–Crippen LogP) is 4.54. The van der Waals surface area contributed by atoms with Crippen molar-refractivity contribution in [3.63, 3.8) is 0 Å². The summed E-state index contributed by atoms with van der Waals surface area (Å²) in [6.07, 6.45) is -0.563. The molecule has 0 unspecified atom stereocenters. The molecule has 30 heavy (non-hydrogen) atoms. The Morgan fingerprint density at radius 2 is 2.10 bits per heavy atom. The Morgan fingerprint density at radius 1 is 1.23 bits per heavy atom. The number of carbonyl (C=O) groups is 1. The molecule has 0 atom stereocenters. The maximum Gasteiger partial charge on any atom is 0.411 e. The minimum atomic E-state index is -0.563. The van der Waals surface area contributed by atoms with Crippen molar-refractivity contribution in [1.29, 1.82) is 0 Å². The third-order valence-corrected chi connectivity index (χ3v) is 5.31. The number of ether oxygens (including phenoxy) is 2. The molecule has 2 heterocycles. The number of methoxy groups -OCH3 is 1. The quantitative estimate of drug-likeness (QED) is 0.345. The van der Waals surface area contributed by atoms with E-state index in [1.807, 2.05) is 18.2 Å². The molecule has 1 amide bonds. The number of H-pyrrole nitrogens is 1. The second-order valence-electron chi connectivity index (χ2n) is 6.36. The van der Waals surface area contributed by atoms with Crippen LogP contribution in [0, 0.1) is 0 Å². The van der Waals surface area contributed by atoms with Gasteiger partial charge in [0.1, 0.15) is 11.3 Å². The number of carbonyl (C=O) groups excluding carboxylic acids is 1. The van der Waals surface area contributed by atoms with Crippen LogP contribution < -0.4 is 15.7 Å². The molecule has 9 heteroatoms. The molecule has 2 aromatic carbocycles. The molecular weight excluding hydrogens is 406 g/mol. The number of rotatable bonds is 6. The lowest BCUT2D eigenvalue weighted by Gasteiger charge is -2.08. The normalized spacial score (nSPS) is 11.0. The molecule has 0 spiro atoms. The van der Waals surface area contributed by atoms with Crippen LogP contribution in [0.4, 0.5) is 10.5 Å². The average molecular weight is 425 g/mol. The molecule has 2 N–H and O–H groups in total. The Labute approximate surface area is 175 Å². The number of hydrogen-bond donors (Lipinski definition) is 2. The fourth-order valence-electron chi connectivity index (χ4n) is 3.02. The SMILES string of the molecule is CCOC(=O)Nc1ccc2c(CSc3nc4ccc(OC)cc4[nH]3)cc(=O)oc2c1. The van der Waals surface area contributed by atoms with Gasteiger partial charge >= 0.3 is 11.7 Å². The van der Waals surface area contributed by atoms with Crippen LogP contribution in [-0.2, 0) is 10.5 Å². The lowest BCUT2D eigenvalue weighted by molar-refractivity contribution is 0.168. The number of nitrogens with one attached hydrogen (secondary N) is 2. The van der Waals surface area contributed by atoms with Crippen molar-refractivity contribution in [2.24, 2.45) is 0 Å². The summed E-state index contributed by atoms with van der Waals surface area (Å²) >= 11 is 1.48. The van der Waals surface area contributed by atoms with Gasteiger partial charge in [0, 0.05) is 35.0 Å². The summed E-state index contributed by atoms with van der Waals surface area (Å²) in [6, 6.07) is 12.3. The Morgan fingerprint density at radius 3 is 2.90 bits per heavy atom. The molecule has 0 saturated heterocycles. The lowest BCUT2D eigenvalue weighted by atomic mass is 10.1. The van der Waals surface area contributed by atoms with Gasteiger partial charge in [0.15, 0.2) is 5.16 Å². The Bertz CT molecular complexity index is 1280. The largest absolute Gasteiger partial charge is 0.497 e. The summed E-state index contributed by atoms with van der Waals surface area (Å²) < 4.78 is 15.4. The Hall–Kier alpha value is -3.46. The Balaban J connectivity index is 1.57. The van der Waals surface area contributed by atoms with Crippen LogP contribution in [0.3, 0.4) is 0 Å². The number of hydrogen-bond acceptors (Lipinski definition) is 7. The Kier molecular flexibility index (Phi) is 5.62. The number of fused-ring (bicyclic) bond motifs is 2. The van der Waals surface area contributed by atoms with E-state index in [0.717, 1.165) is 32.9 Å². The van der Waals surface area contributed by atoms with E-state index < -0.39 is 11.7 Å². The fraction of sp³-hybridized carbons (Fsp3) is 0.190. The molecule has 0 fully saturated rings. The van der Waals surface area contributed by atoms with Crippen LogP contribution >= 0.6 is 11.8 Å². The number of thioether (sulfide) groups is 1. The molecule has 2 aromatic heterocycles. The molecule has 4 rings (SSSR count). The second kappa shape index (κ2) is 8.50. The van der Waals surface area contributed by atoms with Crippen LogP contribution in [-0.4, -0.2) is 29.8 Å². The van der Waals surface area contributed by atoms with Gasteiger partial charge in [-0.1, -0.05) is 11.8 Å². The van der Waals surface area contributed by atoms with Crippen molar-refractivity contribution < 1.29 is 18.7 Å². The summed E-state index contributed by atoms with van der Waals surface area (Å²) in [5.41, 5.74) is 2.95. The molecule has 0 bridgehead atoms. The van der Waals surface area contributed by atoms with Gasteiger partial charge in [0.25, 0.3) is 0 Å². The van der Waals surface area contributed by atoms with E-state index in [4.69, 9.17) is 13.9 Å². The van der Waals surface area contributed by atoms with Crippen molar-refractivity contribution in [3.8, 4) is 5.75 Å². The van der Waals surface area contributed by atoms with Crippen molar-refractivity contribution in [3.05, 3.63) is 58.4 Å². The number of benzene rings is 2. The van der Waals surface area contributed by atoms with Crippen molar-refractivity contribution in [1.82, 2.24) is 9.97 Å². The molecule has 0 saturated carbocycles. The van der Waals surface area contributed by atoms with Gasteiger partial charge in [-0.3, -0.25) is 5.32 Å². The second-order valence-corrected chi connectivity index (χ2v) is 7.32. The van der Waals surface area contributed by atoms with Crippen molar-refractivity contribution in [2.75, 3.05) is 19.0 Å². The third-order valence-electron chi connectivity index (χ3n) is 4.38. The van der Waals surface area contributed by atoms with Gasteiger partial charge in [0.2, 0.25) is 0 Å². The number of imidazole rings is 1. The highest BCUT2D eigenvalue weighted by Gasteiger charge is 2.11. The predicted molar refractivity (Wildman–Crippen MR) is 115 cm³/mol. The van der Waals surface area contributed by atoms with E-state index in [9.17, 15) is 9.59 Å². The van der Waals surface area contributed by atoms with E-state index >= 15 is 0 Å². The third kappa shape index (κ3) is 4.25. The van der Waals surface area contributed by atoms with Gasteiger partial charge in [-0.15, -0.1) is 0 Å². The molecule has 0 aliphatic heterocycles. The number of amides is 1. The minimum absolute atomic E-state index is 0.268. The average Bonchev–Trinajstić information content (AvgIpc) is 3.13. The summed E-state index contributed by atoms with van der Waals surface area (Å²) in [7, 11) is 1.62. The number of aromatic amines is 1. The van der Waals surface area contributed by atoms with Crippen LogP contribution in [0.1, 0.15) is 12.5 Å². The van der Waals surface area contributed by atoms with E-state index in [1.165, 1.54) is 17.8 Å². The fourth-order valence-corrected chi connectivity index (χ4v) is 3.89. The zero-order valence-corrected chi connectivity index (χ0v) is 17.2. The van der Waals surface area contributed by atoms with Gasteiger partial charge in [0.05, 0.1) is 24.8 Å². The summed E-state index contributed by atoms with van der Waals surface area (Å²) in [6.45, 7) is 1.99. The summed E-state index contributed by atoms with van der Waals surface area (Å²) in [5.74, 6) is 1.27. The van der Waals surface area contributed by atoms with Crippen LogP contribution in [0.5, 0.6) is 5.75 Å². The van der Waals surface area contributed by atoms with E-state index in [-0.39, 0.29) is 6.61 Å². The van der Waals surface area contributed by atoms with Gasteiger partial charge in [-0.2, -0.15) is 0 Å². The van der Waals surface area contributed by atoms with E-state index in [1.54, 1.807) is 32.2 Å². The maximum atomic E-state index is 12.0. The van der Waals surface area contributed by atoms with Crippen LogP contribution in [0.2, 0.25) is 0 Å². The molecule has 4 aromatic rings. The lowest BCUT2D eigenvalue weighted by Crippen LogP contribution is -2.13. The molecule has 0 radical (unpaired) electrons. The zero-order chi connectivity index (χ0) is 21.1. The van der Waals surface area contributed by atoms with Gasteiger partial charge in [-0.05, 0) is 36.8 Å². The van der Waals surface area contributed by atoms with Gasteiger partial charge in [-0.25, -0.2) is 14.6 Å².